The van der Waals surface area contributed by atoms with Gasteiger partial charge in [0.1, 0.15) is 6.04 Å². The van der Waals surface area contributed by atoms with Gasteiger partial charge in [0.15, 0.2) is 0 Å². The van der Waals surface area contributed by atoms with Gasteiger partial charge in [0.05, 0.1) is 6.61 Å². The second kappa shape index (κ2) is 3.05. The summed E-state index contributed by atoms with van der Waals surface area (Å²) >= 11 is 0. The van der Waals surface area contributed by atoms with Gasteiger partial charge in [-0.1, -0.05) is 0 Å². The van der Waals surface area contributed by atoms with E-state index in [9.17, 15) is 4.79 Å². The van der Waals surface area contributed by atoms with E-state index in [1.54, 1.807) is 0 Å². The third-order valence-electron chi connectivity index (χ3n) is 2.56. The molecule has 0 aromatic rings. The summed E-state index contributed by atoms with van der Waals surface area (Å²) in [7, 11) is 0. The van der Waals surface area contributed by atoms with Gasteiger partial charge in [0, 0.05) is 0 Å². The van der Waals surface area contributed by atoms with Gasteiger partial charge >= 0.3 is 5.97 Å². The molecule has 2 fully saturated rings. The minimum atomic E-state index is -0.344. The molecule has 2 aliphatic rings. The molecule has 2 rings (SSSR count). The lowest BCUT2D eigenvalue weighted by molar-refractivity contribution is -0.146. The Labute approximate surface area is 72.3 Å². The molecule has 2 N–H and O–H groups in total. The molecule has 0 bridgehead atoms. The van der Waals surface area contributed by atoms with E-state index < -0.39 is 0 Å². The summed E-state index contributed by atoms with van der Waals surface area (Å²) in [6, 6.07) is -0.344. The van der Waals surface area contributed by atoms with E-state index in [2.05, 4.69) is 0 Å². The van der Waals surface area contributed by atoms with Crippen LogP contribution in [0.2, 0.25) is 0 Å². The van der Waals surface area contributed by atoms with Crippen molar-refractivity contribution in [2.45, 2.75) is 31.7 Å². The van der Waals surface area contributed by atoms with E-state index >= 15 is 0 Å². The van der Waals surface area contributed by atoms with Gasteiger partial charge in [-0.05, 0) is 37.5 Å². The molecular weight excluding hydrogens is 154 g/mol. The number of nitrogens with two attached hydrogens (primary N) is 1. The Morgan fingerprint density at radius 3 is 2.58 bits per heavy atom. The van der Waals surface area contributed by atoms with Crippen molar-refractivity contribution in [2.24, 2.45) is 17.6 Å². The highest BCUT2D eigenvalue weighted by Crippen LogP contribution is 2.33. The molecule has 2 saturated carbocycles. The monoisotopic (exact) mass is 169 g/mol. The molecule has 0 amide bonds. The van der Waals surface area contributed by atoms with Gasteiger partial charge in [0.25, 0.3) is 0 Å². The normalized spacial score (nSPS) is 25.1. The molecular formula is C9H15NO2. The summed E-state index contributed by atoms with van der Waals surface area (Å²) in [6.45, 7) is 0.596. The number of esters is 1. The first-order valence-electron chi connectivity index (χ1n) is 4.69. The lowest BCUT2D eigenvalue weighted by Gasteiger charge is -2.09. The summed E-state index contributed by atoms with van der Waals surface area (Å²) in [5.41, 5.74) is 5.65. The third-order valence-corrected chi connectivity index (χ3v) is 2.56. The lowest BCUT2D eigenvalue weighted by atomic mass is 10.2. The molecule has 3 heteroatoms. The Balaban J connectivity index is 1.67. The number of hydrogen-bond donors (Lipinski definition) is 1. The Morgan fingerprint density at radius 2 is 2.08 bits per heavy atom. The minimum Gasteiger partial charge on any atom is -0.464 e. The maximum atomic E-state index is 11.2. The smallest absolute Gasteiger partial charge is 0.323 e. The zero-order valence-corrected chi connectivity index (χ0v) is 7.16. The summed E-state index contributed by atoms with van der Waals surface area (Å²) in [5, 5.41) is 0. The minimum absolute atomic E-state index is 0.190. The van der Waals surface area contributed by atoms with Crippen molar-refractivity contribution in [1.82, 2.24) is 0 Å². The van der Waals surface area contributed by atoms with E-state index in [1.807, 2.05) is 0 Å². The number of ether oxygens (including phenoxy) is 1. The molecule has 0 aromatic heterocycles. The summed E-state index contributed by atoms with van der Waals surface area (Å²) in [6.07, 6.45) is 4.62. The zero-order chi connectivity index (χ0) is 8.55. The summed E-state index contributed by atoms with van der Waals surface area (Å²) in [4.78, 5) is 11.2. The van der Waals surface area contributed by atoms with Gasteiger partial charge in [-0.25, -0.2) is 0 Å². The van der Waals surface area contributed by atoms with Crippen LogP contribution in [0.4, 0.5) is 0 Å². The number of carbonyl (C=O) groups excluding carboxylic acids is 1. The molecule has 0 aromatic carbocycles. The molecule has 0 spiro atoms. The van der Waals surface area contributed by atoms with Crippen LogP contribution in [0.3, 0.4) is 0 Å². The van der Waals surface area contributed by atoms with Crippen LogP contribution in [-0.4, -0.2) is 18.6 Å². The molecule has 0 heterocycles. The topological polar surface area (TPSA) is 52.3 Å². The molecule has 2 aliphatic carbocycles. The number of rotatable bonds is 4. The Morgan fingerprint density at radius 1 is 1.42 bits per heavy atom. The first-order valence-corrected chi connectivity index (χ1v) is 4.69. The Hall–Kier alpha value is -0.570. The highest BCUT2D eigenvalue weighted by molar-refractivity contribution is 5.76. The zero-order valence-electron chi connectivity index (χ0n) is 7.16. The van der Waals surface area contributed by atoms with Crippen LogP contribution in [0.1, 0.15) is 25.7 Å². The SMILES string of the molecule is NC(C(=O)OCC1CC1)C1CC1. The van der Waals surface area contributed by atoms with Gasteiger partial charge in [0.2, 0.25) is 0 Å². The first-order chi connectivity index (χ1) is 5.77. The van der Waals surface area contributed by atoms with Crippen molar-refractivity contribution >= 4 is 5.97 Å². The van der Waals surface area contributed by atoms with E-state index in [0.29, 0.717) is 18.4 Å². The van der Waals surface area contributed by atoms with E-state index in [4.69, 9.17) is 10.5 Å². The van der Waals surface area contributed by atoms with E-state index in [0.717, 1.165) is 12.8 Å². The van der Waals surface area contributed by atoms with Crippen molar-refractivity contribution in [1.29, 1.82) is 0 Å². The predicted octanol–water partition coefficient (Wildman–Crippen LogP) is 0.677. The fourth-order valence-corrected chi connectivity index (χ4v) is 1.23. The van der Waals surface area contributed by atoms with E-state index in [-0.39, 0.29) is 12.0 Å². The maximum absolute atomic E-state index is 11.2. The van der Waals surface area contributed by atoms with Crippen LogP contribution in [-0.2, 0) is 9.53 Å². The number of hydrogen-bond acceptors (Lipinski definition) is 3. The quantitative estimate of drug-likeness (QED) is 0.629. The van der Waals surface area contributed by atoms with Gasteiger partial charge < -0.3 is 10.5 Å². The molecule has 0 aliphatic heterocycles. The van der Waals surface area contributed by atoms with Crippen LogP contribution in [0.25, 0.3) is 0 Å². The fourth-order valence-electron chi connectivity index (χ4n) is 1.23. The number of carbonyl (C=O) groups is 1. The average molecular weight is 169 g/mol. The van der Waals surface area contributed by atoms with Crippen molar-refractivity contribution in [2.75, 3.05) is 6.61 Å². The van der Waals surface area contributed by atoms with Crippen molar-refractivity contribution in [3.05, 3.63) is 0 Å². The maximum Gasteiger partial charge on any atom is 0.323 e. The molecule has 68 valence electrons. The van der Waals surface area contributed by atoms with Crippen LogP contribution in [0.5, 0.6) is 0 Å². The predicted molar refractivity (Wildman–Crippen MR) is 44.4 cm³/mol. The fraction of sp³-hybridized carbons (Fsp3) is 0.889. The first kappa shape index (κ1) is 8.05. The van der Waals surface area contributed by atoms with Gasteiger partial charge in [-0.3, -0.25) is 4.79 Å². The standard InChI is InChI=1S/C9H15NO2/c10-8(7-3-4-7)9(11)12-5-6-1-2-6/h6-8H,1-5,10H2. The van der Waals surface area contributed by atoms with Gasteiger partial charge in [-0.15, -0.1) is 0 Å². The van der Waals surface area contributed by atoms with Crippen molar-refractivity contribution < 1.29 is 9.53 Å². The molecule has 3 nitrogen and oxygen atoms in total. The highest BCUT2D eigenvalue weighted by atomic mass is 16.5. The second-order valence-corrected chi connectivity index (χ2v) is 3.94. The summed E-state index contributed by atoms with van der Waals surface area (Å²) < 4.78 is 5.07. The molecule has 1 unspecified atom stereocenters. The third kappa shape index (κ3) is 1.97. The average Bonchev–Trinajstić information content (AvgIpc) is 2.85. The van der Waals surface area contributed by atoms with Crippen molar-refractivity contribution in [3.63, 3.8) is 0 Å². The molecule has 12 heavy (non-hydrogen) atoms. The van der Waals surface area contributed by atoms with Gasteiger partial charge in [-0.2, -0.15) is 0 Å². The van der Waals surface area contributed by atoms with Crippen molar-refractivity contribution in [3.8, 4) is 0 Å². The van der Waals surface area contributed by atoms with Crippen LogP contribution >= 0.6 is 0 Å². The Bertz CT molecular complexity index is 185. The van der Waals surface area contributed by atoms with Crippen LogP contribution in [0.15, 0.2) is 0 Å². The Kier molecular flexibility index (Phi) is 2.05. The lowest BCUT2D eigenvalue weighted by Crippen LogP contribution is -2.34. The summed E-state index contributed by atoms with van der Waals surface area (Å²) in [5.74, 6) is 0.862. The van der Waals surface area contributed by atoms with Crippen LogP contribution < -0.4 is 5.73 Å². The largest absolute Gasteiger partial charge is 0.464 e. The second-order valence-electron chi connectivity index (χ2n) is 3.94. The molecule has 0 radical (unpaired) electrons. The van der Waals surface area contributed by atoms with E-state index in [1.165, 1.54) is 12.8 Å². The molecule has 1 atom stereocenters. The molecule has 0 saturated heterocycles. The highest BCUT2D eigenvalue weighted by Gasteiger charge is 2.35. The van der Waals surface area contributed by atoms with Crippen LogP contribution in [0, 0.1) is 11.8 Å².